The van der Waals surface area contributed by atoms with Crippen LogP contribution in [0.15, 0.2) is 6.07 Å². The van der Waals surface area contributed by atoms with Gasteiger partial charge < -0.3 is 10.5 Å². The topological polar surface area (TPSA) is 98.5 Å². The molecule has 3 amide bonds. The van der Waals surface area contributed by atoms with E-state index in [-0.39, 0.29) is 0 Å². The van der Waals surface area contributed by atoms with Gasteiger partial charge in [-0.25, -0.2) is 9.59 Å². The van der Waals surface area contributed by atoms with Crippen LogP contribution in [-0.4, -0.2) is 24.0 Å². The average molecular weight is 324 g/mol. The van der Waals surface area contributed by atoms with Crippen LogP contribution < -0.4 is 11.1 Å². The van der Waals surface area contributed by atoms with Crippen LogP contribution >= 0.6 is 11.3 Å². The fourth-order valence-electron chi connectivity index (χ4n) is 2.54. The molecule has 0 saturated heterocycles. The van der Waals surface area contributed by atoms with Gasteiger partial charge in [0.25, 0.3) is 5.91 Å². The summed E-state index contributed by atoms with van der Waals surface area (Å²) in [5.74, 6) is -0.598. The SMILES string of the molecule is CC[C@H]1CCc2sc(C(=O)O[C@H](C)C(=O)NC(N)=O)cc2C1. The van der Waals surface area contributed by atoms with Crippen molar-refractivity contribution in [3.63, 3.8) is 0 Å². The third kappa shape index (κ3) is 3.85. The zero-order valence-corrected chi connectivity index (χ0v) is 13.5. The summed E-state index contributed by atoms with van der Waals surface area (Å²) in [6.45, 7) is 3.58. The molecule has 2 atom stereocenters. The van der Waals surface area contributed by atoms with Crippen LogP contribution in [0.3, 0.4) is 0 Å². The van der Waals surface area contributed by atoms with Gasteiger partial charge in [-0.3, -0.25) is 10.1 Å². The van der Waals surface area contributed by atoms with Crippen LogP contribution in [-0.2, 0) is 22.4 Å². The molecule has 1 aliphatic carbocycles. The number of rotatable bonds is 4. The van der Waals surface area contributed by atoms with E-state index in [2.05, 4.69) is 6.92 Å². The van der Waals surface area contributed by atoms with Crippen molar-refractivity contribution in [2.24, 2.45) is 11.7 Å². The number of nitrogens with two attached hydrogens (primary N) is 1. The summed E-state index contributed by atoms with van der Waals surface area (Å²) >= 11 is 1.43. The summed E-state index contributed by atoms with van der Waals surface area (Å²) in [5, 5.41) is 1.89. The van der Waals surface area contributed by atoms with Gasteiger partial charge in [0.05, 0.1) is 0 Å². The summed E-state index contributed by atoms with van der Waals surface area (Å²) in [6, 6.07) is 0.896. The highest BCUT2D eigenvalue weighted by atomic mass is 32.1. The number of carbonyl (C=O) groups is 3. The Hall–Kier alpha value is -1.89. The smallest absolute Gasteiger partial charge is 0.349 e. The zero-order valence-electron chi connectivity index (χ0n) is 12.7. The number of thiophene rings is 1. The fraction of sp³-hybridized carbons (Fsp3) is 0.533. The van der Waals surface area contributed by atoms with Crippen molar-refractivity contribution in [3.8, 4) is 0 Å². The molecular formula is C15H20N2O4S. The van der Waals surface area contributed by atoms with Crippen molar-refractivity contribution in [3.05, 3.63) is 21.4 Å². The van der Waals surface area contributed by atoms with Crippen molar-refractivity contribution < 1.29 is 19.1 Å². The molecule has 2 rings (SSSR count). The number of carbonyl (C=O) groups excluding carboxylic acids is 3. The molecule has 0 radical (unpaired) electrons. The van der Waals surface area contributed by atoms with E-state index in [9.17, 15) is 14.4 Å². The molecule has 0 aliphatic heterocycles. The van der Waals surface area contributed by atoms with Crippen LogP contribution in [0.2, 0.25) is 0 Å². The van der Waals surface area contributed by atoms with Gasteiger partial charge in [-0.1, -0.05) is 13.3 Å². The Labute approximate surface area is 133 Å². The molecule has 0 spiro atoms. The highest BCUT2D eigenvalue weighted by Crippen LogP contribution is 2.33. The van der Waals surface area contributed by atoms with Crippen LogP contribution in [0.25, 0.3) is 0 Å². The lowest BCUT2D eigenvalue weighted by atomic mass is 9.87. The maximum atomic E-state index is 12.1. The maximum absolute atomic E-state index is 12.1. The van der Waals surface area contributed by atoms with E-state index in [0.29, 0.717) is 10.8 Å². The van der Waals surface area contributed by atoms with E-state index in [0.717, 1.165) is 25.7 Å². The number of primary amides is 1. The number of hydrogen-bond donors (Lipinski definition) is 2. The molecule has 22 heavy (non-hydrogen) atoms. The van der Waals surface area contributed by atoms with E-state index in [4.69, 9.17) is 10.5 Å². The molecule has 6 nitrogen and oxygen atoms in total. The fourth-order valence-corrected chi connectivity index (χ4v) is 3.63. The summed E-state index contributed by atoms with van der Waals surface area (Å²) in [4.78, 5) is 36.0. The number of aryl methyl sites for hydroxylation is 1. The first-order valence-electron chi connectivity index (χ1n) is 7.33. The molecule has 0 fully saturated rings. The van der Waals surface area contributed by atoms with Gasteiger partial charge >= 0.3 is 12.0 Å². The van der Waals surface area contributed by atoms with E-state index < -0.39 is 24.0 Å². The first-order valence-corrected chi connectivity index (χ1v) is 8.15. The first kappa shape index (κ1) is 16.5. The van der Waals surface area contributed by atoms with Crippen LogP contribution in [0.4, 0.5) is 4.79 Å². The minimum Gasteiger partial charge on any atom is -0.448 e. The lowest BCUT2D eigenvalue weighted by Crippen LogP contribution is -2.42. The average Bonchev–Trinajstić information content (AvgIpc) is 2.89. The lowest BCUT2D eigenvalue weighted by molar-refractivity contribution is -0.127. The Balaban J connectivity index is 2.00. The molecule has 7 heteroatoms. The van der Waals surface area contributed by atoms with Gasteiger partial charge in [0, 0.05) is 4.88 Å². The number of fused-ring (bicyclic) bond motifs is 1. The van der Waals surface area contributed by atoms with Gasteiger partial charge in [0.15, 0.2) is 6.10 Å². The molecule has 0 aromatic carbocycles. The standard InChI is InChI=1S/C15H20N2O4S/c1-3-9-4-5-11-10(6-9)7-12(22-11)14(19)21-8(2)13(18)17-15(16)20/h7-9H,3-6H2,1-2H3,(H3,16,17,18,20)/t8-,9+/m1/s1. The second kappa shape index (κ2) is 6.91. The number of nitrogens with one attached hydrogen (secondary N) is 1. The van der Waals surface area contributed by atoms with Crippen molar-refractivity contribution in [2.45, 2.75) is 45.6 Å². The highest BCUT2D eigenvalue weighted by molar-refractivity contribution is 7.14. The van der Waals surface area contributed by atoms with Crippen molar-refractivity contribution in [1.29, 1.82) is 0 Å². The zero-order chi connectivity index (χ0) is 16.3. The Morgan fingerprint density at radius 3 is 2.86 bits per heavy atom. The molecular weight excluding hydrogens is 304 g/mol. The number of urea groups is 1. The monoisotopic (exact) mass is 324 g/mol. The number of imide groups is 1. The first-order chi connectivity index (χ1) is 10.4. The van der Waals surface area contributed by atoms with Crippen LogP contribution in [0.5, 0.6) is 0 Å². The van der Waals surface area contributed by atoms with Crippen molar-refractivity contribution >= 4 is 29.2 Å². The normalized spacial score (nSPS) is 18.2. The summed E-state index contributed by atoms with van der Waals surface area (Å²) in [6.07, 6.45) is 3.20. The van der Waals surface area contributed by atoms with E-state index in [1.54, 1.807) is 0 Å². The van der Waals surface area contributed by atoms with Crippen LogP contribution in [0.1, 0.15) is 46.8 Å². The molecule has 0 unspecified atom stereocenters. The number of esters is 1. The Bertz CT molecular complexity index is 596. The van der Waals surface area contributed by atoms with E-state index >= 15 is 0 Å². The minimum absolute atomic E-state index is 0.500. The van der Waals surface area contributed by atoms with Crippen LogP contribution in [0, 0.1) is 5.92 Å². The van der Waals surface area contributed by atoms with E-state index in [1.807, 2.05) is 11.4 Å². The third-order valence-electron chi connectivity index (χ3n) is 3.86. The second-order valence-corrected chi connectivity index (χ2v) is 6.61. The highest BCUT2D eigenvalue weighted by Gasteiger charge is 2.25. The molecule has 0 saturated carbocycles. The second-order valence-electron chi connectivity index (χ2n) is 5.48. The molecule has 1 aromatic rings. The number of hydrogen-bond acceptors (Lipinski definition) is 5. The molecule has 1 aliphatic rings. The molecule has 3 N–H and O–H groups in total. The van der Waals surface area contributed by atoms with Crippen molar-refractivity contribution in [1.82, 2.24) is 5.32 Å². The number of ether oxygens (including phenoxy) is 1. The van der Waals surface area contributed by atoms with Gasteiger partial charge in [-0.05, 0) is 43.7 Å². The van der Waals surface area contributed by atoms with Gasteiger partial charge in [-0.2, -0.15) is 0 Å². The minimum atomic E-state index is -1.07. The van der Waals surface area contributed by atoms with Gasteiger partial charge in [0.2, 0.25) is 0 Å². The Morgan fingerprint density at radius 2 is 2.23 bits per heavy atom. The maximum Gasteiger partial charge on any atom is 0.349 e. The molecule has 1 aromatic heterocycles. The Kier molecular flexibility index (Phi) is 5.18. The summed E-state index contributed by atoms with van der Waals surface area (Å²) in [5.41, 5.74) is 6.07. The van der Waals surface area contributed by atoms with Gasteiger partial charge in [0.1, 0.15) is 4.88 Å². The summed E-state index contributed by atoms with van der Waals surface area (Å²) in [7, 11) is 0. The van der Waals surface area contributed by atoms with E-state index in [1.165, 1.54) is 28.7 Å². The largest absolute Gasteiger partial charge is 0.448 e. The summed E-state index contributed by atoms with van der Waals surface area (Å²) < 4.78 is 5.08. The predicted molar refractivity (Wildman–Crippen MR) is 82.7 cm³/mol. The molecule has 0 bridgehead atoms. The Morgan fingerprint density at radius 1 is 1.50 bits per heavy atom. The molecule has 1 heterocycles. The molecule has 120 valence electrons. The lowest BCUT2D eigenvalue weighted by Gasteiger charge is -2.19. The van der Waals surface area contributed by atoms with Gasteiger partial charge in [-0.15, -0.1) is 11.3 Å². The van der Waals surface area contributed by atoms with Crippen molar-refractivity contribution in [2.75, 3.05) is 0 Å². The predicted octanol–water partition coefficient (Wildman–Crippen LogP) is 2.00. The number of amides is 3. The third-order valence-corrected chi connectivity index (χ3v) is 5.08. The quantitative estimate of drug-likeness (QED) is 0.828.